The van der Waals surface area contributed by atoms with Crippen molar-refractivity contribution in [3.8, 4) is 17.2 Å². The van der Waals surface area contributed by atoms with Gasteiger partial charge < -0.3 is 29.6 Å². The zero-order valence-corrected chi connectivity index (χ0v) is 23.3. The molecule has 0 radical (unpaired) electrons. The fourth-order valence-corrected chi connectivity index (χ4v) is 4.03. The Morgan fingerprint density at radius 2 is 1.92 bits per heavy atom. The summed E-state index contributed by atoms with van der Waals surface area (Å²) in [6.07, 6.45) is 3.09. The molecule has 2 aromatic rings. The first-order valence-corrected chi connectivity index (χ1v) is 12.7. The fraction of sp³-hybridized carbons (Fsp3) is 0.259. The first kappa shape index (κ1) is 29.2. The molecule has 1 atom stereocenters. The predicted molar refractivity (Wildman–Crippen MR) is 148 cm³/mol. The van der Waals surface area contributed by atoms with Crippen LogP contribution in [0.15, 0.2) is 69.9 Å². The Bertz CT molecular complexity index is 1310. The summed E-state index contributed by atoms with van der Waals surface area (Å²) >= 11 is 3.40. The van der Waals surface area contributed by atoms with Crippen LogP contribution < -0.4 is 30.3 Å². The Morgan fingerprint density at radius 1 is 1.15 bits per heavy atom. The van der Waals surface area contributed by atoms with Gasteiger partial charge in [-0.1, -0.05) is 34.7 Å². The largest absolute Gasteiger partial charge is 0.493 e. The molecular weight excluding hydrogens is 572 g/mol. The van der Waals surface area contributed by atoms with Crippen molar-refractivity contribution in [3.63, 3.8) is 0 Å². The molecule has 0 aromatic heterocycles. The third kappa shape index (κ3) is 7.84. The number of ether oxygens (including phenoxy) is 4. The number of benzene rings is 2. The number of carbonyl (C=O) groups is 3. The number of halogens is 1. The molecule has 0 saturated heterocycles. The van der Waals surface area contributed by atoms with Crippen LogP contribution in [0.3, 0.4) is 0 Å². The minimum Gasteiger partial charge on any atom is -0.493 e. The minimum atomic E-state index is -0.767. The maximum absolute atomic E-state index is 12.6. The van der Waals surface area contributed by atoms with E-state index in [2.05, 4.69) is 43.7 Å². The highest BCUT2D eigenvalue weighted by Gasteiger charge is 2.32. The molecule has 0 spiro atoms. The Hall–Kier alpha value is -4.32. The monoisotopic (exact) mass is 600 g/mol. The molecule has 0 saturated carbocycles. The van der Waals surface area contributed by atoms with Crippen LogP contribution in [-0.2, 0) is 14.3 Å². The van der Waals surface area contributed by atoms with Gasteiger partial charge in [0.2, 0.25) is 0 Å². The maximum atomic E-state index is 12.6. The number of carbonyl (C=O) groups excluding carboxylic acids is 3. The van der Waals surface area contributed by atoms with Crippen LogP contribution >= 0.6 is 15.9 Å². The van der Waals surface area contributed by atoms with Gasteiger partial charge >= 0.3 is 12.0 Å². The zero-order valence-electron chi connectivity index (χ0n) is 21.7. The predicted octanol–water partition coefficient (Wildman–Crippen LogP) is 3.74. The van der Waals surface area contributed by atoms with E-state index in [4.69, 9.17) is 18.9 Å². The first-order valence-electron chi connectivity index (χ1n) is 11.9. The number of allylic oxidation sites excluding steroid dienone is 1. The van der Waals surface area contributed by atoms with E-state index < -0.39 is 23.9 Å². The molecule has 0 bridgehead atoms. The lowest BCUT2D eigenvalue weighted by molar-refractivity contribution is -0.139. The fourth-order valence-electron chi connectivity index (χ4n) is 3.66. The summed E-state index contributed by atoms with van der Waals surface area (Å²) in [6, 6.07) is 9.04. The lowest BCUT2D eigenvalue weighted by Gasteiger charge is -2.28. The Morgan fingerprint density at radius 3 is 2.64 bits per heavy atom. The van der Waals surface area contributed by atoms with E-state index in [9.17, 15) is 14.4 Å². The van der Waals surface area contributed by atoms with Crippen molar-refractivity contribution in [1.29, 1.82) is 0 Å². The van der Waals surface area contributed by atoms with Crippen LogP contribution in [0.2, 0.25) is 0 Å². The van der Waals surface area contributed by atoms with Crippen molar-refractivity contribution in [2.24, 2.45) is 5.10 Å². The molecule has 2 aromatic carbocycles. The van der Waals surface area contributed by atoms with Crippen LogP contribution in [0.1, 0.15) is 31.0 Å². The summed E-state index contributed by atoms with van der Waals surface area (Å²) in [5.41, 5.74) is 4.29. The number of methoxy groups -OCH3 is 1. The smallest absolute Gasteiger partial charge is 0.338 e. The van der Waals surface area contributed by atoms with Gasteiger partial charge in [0.05, 0.1) is 31.5 Å². The van der Waals surface area contributed by atoms with Crippen molar-refractivity contribution in [2.75, 3.05) is 26.9 Å². The van der Waals surface area contributed by atoms with Gasteiger partial charge in [0.1, 0.15) is 12.4 Å². The van der Waals surface area contributed by atoms with E-state index >= 15 is 0 Å². The van der Waals surface area contributed by atoms with Crippen molar-refractivity contribution >= 4 is 40.1 Å². The van der Waals surface area contributed by atoms with Gasteiger partial charge in [0.25, 0.3) is 5.91 Å². The summed E-state index contributed by atoms with van der Waals surface area (Å²) in [6.45, 7) is 7.12. The SMILES string of the molecule is C=CCOc1ccc(Br)cc1/C=N/NC(=O)COc1ccc([C@H]2NC(=O)NC(C)=C2C(=O)OCC)cc1OC. The molecule has 3 rings (SSSR count). The van der Waals surface area contributed by atoms with Crippen LogP contribution in [0.5, 0.6) is 17.2 Å². The van der Waals surface area contributed by atoms with E-state index in [0.29, 0.717) is 34.9 Å². The highest BCUT2D eigenvalue weighted by Crippen LogP contribution is 2.34. The van der Waals surface area contributed by atoms with E-state index in [1.54, 1.807) is 50.3 Å². The van der Waals surface area contributed by atoms with E-state index in [-0.39, 0.29) is 24.5 Å². The Kier molecular flexibility index (Phi) is 10.5. The van der Waals surface area contributed by atoms with Gasteiger partial charge in [-0.2, -0.15) is 5.10 Å². The summed E-state index contributed by atoms with van der Waals surface area (Å²) in [7, 11) is 1.44. The highest BCUT2D eigenvalue weighted by atomic mass is 79.9. The van der Waals surface area contributed by atoms with Crippen molar-refractivity contribution in [2.45, 2.75) is 19.9 Å². The van der Waals surface area contributed by atoms with Crippen molar-refractivity contribution in [3.05, 3.63) is 75.9 Å². The average molecular weight is 601 g/mol. The third-order valence-electron chi connectivity index (χ3n) is 5.37. The number of hydrazone groups is 1. The molecule has 1 aliphatic heterocycles. The van der Waals surface area contributed by atoms with E-state index in [1.165, 1.54) is 13.3 Å². The number of nitrogens with one attached hydrogen (secondary N) is 3. The molecule has 1 heterocycles. The van der Waals surface area contributed by atoms with Crippen LogP contribution in [-0.4, -0.2) is 51.1 Å². The highest BCUT2D eigenvalue weighted by molar-refractivity contribution is 9.10. The van der Waals surface area contributed by atoms with Crippen LogP contribution in [0, 0.1) is 0 Å². The molecule has 0 unspecified atom stereocenters. The second-order valence-electron chi connectivity index (χ2n) is 8.06. The maximum Gasteiger partial charge on any atom is 0.338 e. The molecule has 1 aliphatic rings. The van der Waals surface area contributed by atoms with Gasteiger partial charge in [-0.05, 0) is 49.7 Å². The normalized spacial score (nSPS) is 14.8. The summed E-state index contributed by atoms with van der Waals surface area (Å²) < 4.78 is 22.6. The second kappa shape index (κ2) is 14.0. The van der Waals surface area contributed by atoms with Gasteiger partial charge in [-0.3, -0.25) is 4.79 Å². The van der Waals surface area contributed by atoms with Crippen LogP contribution in [0.25, 0.3) is 0 Å². The lowest BCUT2D eigenvalue weighted by Crippen LogP contribution is -2.45. The second-order valence-corrected chi connectivity index (χ2v) is 8.98. The molecule has 39 heavy (non-hydrogen) atoms. The van der Waals surface area contributed by atoms with E-state index in [1.807, 2.05) is 6.07 Å². The van der Waals surface area contributed by atoms with Crippen molar-refractivity contribution < 1.29 is 33.3 Å². The number of nitrogens with zero attached hydrogens (tertiary/aromatic N) is 1. The molecule has 12 heteroatoms. The molecule has 3 N–H and O–H groups in total. The van der Waals surface area contributed by atoms with Gasteiger partial charge in [0, 0.05) is 15.7 Å². The van der Waals surface area contributed by atoms with E-state index in [0.717, 1.165) is 4.47 Å². The van der Waals surface area contributed by atoms with Crippen molar-refractivity contribution in [1.82, 2.24) is 16.1 Å². The quantitative estimate of drug-likeness (QED) is 0.146. The third-order valence-corrected chi connectivity index (χ3v) is 5.86. The van der Waals surface area contributed by atoms with Gasteiger partial charge in [0.15, 0.2) is 18.1 Å². The zero-order chi connectivity index (χ0) is 28.4. The molecule has 0 fully saturated rings. The number of esters is 1. The summed E-state index contributed by atoms with van der Waals surface area (Å²) in [5, 5.41) is 9.29. The number of hydrogen-bond acceptors (Lipinski definition) is 8. The standard InChI is InChI=1S/C27H29BrN4O7/c1-5-11-38-20-10-8-19(28)12-18(20)14-29-32-23(33)15-39-21-9-7-17(13-22(21)36-4)25-24(26(34)37-6-2)16(3)30-27(35)31-25/h5,7-10,12-14,25H,1,6,11,15H2,2-4H3,(H,32,33)(H2,30,31,35)/b29-14+/t25-/m1/s1. The average Bonchev–Trinajstić information content (AvgIpc) is 2.91. The molecule has 206 valence electrons. The molecule has 11 nitrogen and oxygen atoms in total. The number of urea groups is 1. The summed E-state index contributed by atoms with van der Waals surface area (Å²) in [5.74, 6) is 0.112. The first-order chi connectivity index (χ1) is 18.8. The number of hydrogen-bond donors (Lipinski definition) is 3. The van der Waals surface area contributed by atoms with Gasteiger partial charge in [-0.25, -0.2) is 15.0 Å². The van der Waals surface area contributed by atoms with Gasteiger partial charge in [-0.15, -0.1) is 0 Å². The summed E-state index contributed by atoms with van der Waals surface area (Å²) in [4.78, 5) is 37.0. The topological polar surface area (TPSA) is 137 Å². The molecule has 3 amide bonds. The minimum absolute atomic E-state index is 0.186. The Balaban J connectivity index is 1.68. The lowest BCUT2D eigenvalue weighted by atomic mass is 9.95. The molecular formula is C27H29BrN4O7. The molecule has 0 aliphatic carbocycles. The Labute approximate surface area is 234 Å². The number of rotatable bonds is 12. The number of amides is 3. The van der Waals surface area contributed by atoms with Crippen LogP contribution in [0.4, 0.5) is 4.79 Å².